The van der Waals surface area contributed by atoms with Crippen LogP contribution in [0.2, 0.25) is 0 Å². The Morgan fingerprint density at radius 2 is 2.00 bits per heavy atom. The second kappa shape index (κ2) is 6.04. The van der Waals surface area contributed by atoms with E-state index in [0.29, 0.717) is 0 Å². The molecule has 0 fully saturated rings. The summed E-state index contributed by atoms with van der Waals surface area (Å²) in [7, 11) is 0. The third kappa shape index (κ3) is 4.65. The summed E-state index contributed by atoms with van der Waals surface area (Å²) in [6.07, 6.45) is -3.54. The van der Waals surface area contributed by atoms with Crippen molar-refractivity contribution in [3.8, 4) is 5.75 Å². The summed E-state index contributed by atoms with van der Waals surface area (Å²) in [5.41, 5.74) is 4.67. The molecule has 1 rings (SSSR count). The molecule has 1 unspecified atom stereocenters. The maximum Gasteiger partial charge on any atom is 0.412 e. The SMILES string of the molecule is CC(C)(C)OC(=O)Nc1cc(C(N)C(F)F)ccc1O. The quantitative estimate of drug-likeness (QED) is 0.746. The number of hydrogen-bond donors (Lipinski definition) is 3. The lowest BCUT2D eigenvalue weighted by Crippen LogP contribution is -2.27. The largest absolute Gasteiger partial charge is 0.506 e. The van der Waals surface area contributed by atoms with E-state index in [0.717, 1.165) is 0 Å². The summed E-state index contributed by atoms with van der Waals surface area (Å²) >= 11 is 0. The van der Waals surface area contributed by atoms with Crippen molar-refractivity contribution in [2.45, 2.75) is 38.8 Å². The lowest BCUT2D eigenvalue weighted by molar-refractivity contribution is 0.0635. The van der Waals surface area contributed by atoms with Crippen LogP contribution in [0.25, 0.3) is 0 Å². The average Bonchev–Trinajstić information content (AvgIpc) is 2.28. The van der Waals surface area contributed by atoms with Crippen molar-refractivity contribution in [2.24, 2.45) is 5.73 Å². The molecule has 4 N–H and O–H groups in total. The van der Waals surface area contributed by atoms with Crippen molar-refractivity contribution in [2.75, 3.05) is 5.32 Å². The van der Waals surface area contributed by atoms with Gasteiger partial charge in [0, 0.05) is 0 Å². The Bertz CT molecular complexity index is 487. The number of phenolic OH excluding ortho intramolecular Hbond substituents is 1. The number of carbonyl (C=O) groups is 1. The molecular formula is C13H18F2N2O3. The van der Waals surface area contributed by atoms with Gasteiger partial charge in [-0.25, -0.2) is 13.6 Å². The first-order valence-electron chi connectivity index (χ1n) is 5.97. The van der Waals surface area contributed by atoms with Gasteiger partial charge >= 0.3 is 6.09 Å². The second-order valence-electron chi connectivity index (χ2n) is 5.26. The Labute approximate surface area is 115 Å². The summed E-state index contributed by atoms with van der Waals surface area (Å²) in [5.74, 6) is -0.263. The number of hydrogen-bond acceptors (Lipinski definition) is 4. The summed E-state index contributed by atoms with van der Waals surface area (Å²) in [5, 5.41) is 11.9. The van der Waals surface area contributed by atoms with Gasteiger partial charge in [-0.3, -0.25) is 5.32 Å². The Kier molecular flexibility index (Phi) is 4.88. The van der Waals surface area contributed by atoms with E-state index in [9.17, 15) is 18.7 Å². The van der Waals surface area contributed by atoms with Crippen LogP contribution < -0.4 is 11.1 Å². The van der Waals surface area contributed by atoms with Crippen molar-refractivity contribution < 1.29 is 23.4 Å². The molecule has 1 aromatic carbocycles. The first kappa shape index (κ1) is 16.2. The first-order valence-corrected chi connectivity index (χ1v) is 5.97. The van der Waals surface area contributed by atoms with Crippen LogP contribution in [0.1, 0.15) is 32.4 Å². The topological polar surface area (TPSA) is 84.6 Å². The molecule has 0 spiro atoms. The molecule has 1 aromatic rings. The van der Waals surface area contributed by atoms with Crippen LogP contribution in [-0.2, 0) is 4.74 Å². The number of carbonyl (C=O) groups excluding carboxylic acids is 1. The Morgan fingerprint density at radius 3 is 2.50 bits per heavy atom. The van der Waals surface area contributed by atoms with E-state index in [2.05, 4.69) is 5.32 Å². The van der Waals surface area contributed by atoms with E-state index >= 15 is 0 Å². The maximum absolute atomic E-state index is 12.5. The molecular weight excluding hydrogens is 270 g/mol. The molecule has 1 atom stereocenters. The van der Waals surface area contributed by atoms with E-state index in [4.69, 9.17) is 10.5 Å². The number of amides is 1. The lowest BCUT2D eigenvalue weighted by atomic mass is 10.1. The summed E-state index contributed by atoms with van der Waals surface area (Å²) < 4.78 is 30.1. The fraction of sp³-hybridized carbons (Fsp3) is 0.462. The number of alkyl halides is 2. The summed E-state index contributed by atoms with van der Waals surface area (Å²) in [6.45, 7) is 5.03. The van der Waals surface area contributed by atoms with Crippen LogP contribution in [-0.4, -0.2) is 23.2 Å². The lowest BCUT2D eigenvalue weighted by Gasteiger charge is -2.20. The highest BCUT2D eigenvalue weighted by atomic mass is 19.3. The monoisotopic (exact) mass is 288 g/mol. The molecule has 0 aromatic heterocycles. The number of halogens is 2. The van der Waals surface area contributed by atoms with E-state index in [-0.39, 0.29) is 17.0 Å². The summed E-state index contributed by atoms with van der Waals surface area (Å²) in [4.78, 5) is 11.6. The number of phenols is 1. The number of ether oxygens (including phenoxy) is 1. The zero-order valence-electron chi connectivity index (χ0n) is 11.5. The van der Waals surface area contributed by atoms with Gasteiger partial charge < -0.3 is 15.6 Å². The minimum atomic E-state index is -2.74. The standard InChI is InChI=1S/C13H18F2N2O3/c1-13(2,3)20-12(19)17-8-6-7(4-5-9(8)18)10(16)11(14)15/h4-6,10-11,18H,16H2,1-3H3,(H,17,19). The van der Waals surface area contributed by atoms with Gasteiger partial charge in [0.15, 0.2) is 0 Å². The highest BCUT2D eigenvalue weighted by Gasteiger charge is 2.21. The molecule has 0 aliphatic heterocycles. The van der Waals surface area contributed by atoms with Crippen LogP contribution in [0.3, 0.4) is 0 Å². The van der Waals surface area contributed by atoms with E-state index < -0.39 is 24.2 Å². The fourth-order valence-corrected chi connectivity index (χ4v) is 1.42. The van der Waals surface area contributed by atoms with E-state index in [1.165, 1.54) is 18.2 Å². The van der Waals surface area contributed by atoms with Gasteiger partial charge in [-0.1, -0.05) is 6.07 Å². The molecule has 5 nitrogen and oxygen atoms in total. The number of aromatic hydroxyl groups is 1. The predicted octanol–water partition coefficient (Wildman–Crippen LogP) is 3.00. The molecule has 1 amide bonds. The van der Waals surface area contributed by atoms with Crippen molar-refractivity contribution in [1.29, 1.82) is 0 Å². The van der Waals surface area contributed by atoms with Crippen molar-refractivity contribution in [3.05, 3.63) is 23.8 Å². The van der Waals surface area contributed by atoms with Gasteiger partial charge in [-0.05, 0) is 38.5 Å². The van der Waals surface area contributed by atoms with Crippen LogP contribution in [0, 0.1) is 0 Å². The molecule has 112 valence electrons. The van der Waals surface area contributed by atoms with Crippen molar-refractivity contribution in [1.82, 2.24) is 0 Å². The zero-order valence-corrected chi connectivity index (χ0v) is 11.5. The van der Waals surface area contributed by atoms with E-state index in [1.54, 1.807) is 20.8 Å². The normalized spacial score (nSPS) is 13.2. The molecule has 0 aliphatic carbocycles. The smallest absolute Gasteiger partial charge is 0.412 e. The maximum atomic E-state index is 12.5. The second-order valence-corrected chi connectivity index (χ2v) is 5.26. The highest BCUT2D eigenvalue weighted by Crippen LogP contribution is 2.28. The molecule has 0 saturated heterocycles. The number of benzene rings is 1. The van der Waals surface area contributed by atoms with Gasteiger partial charge in [-0.15, -0.1) is 0 Å². The molecule has 0 aliphatic rings. The van der Waals surface area contributed by atoms with Gasteiger partial charge in [-0.2, -0.15) is 0 Å². The number of nitrogens with one attached hydrogen (secondary N) is 1. The number of rotatable bonds is 3. The minimum Gasteiger partial charge on any atom is -0.506 e. The van der Waals surface area contributed by atoms with Crippen molar-refractivity contribution >= 4 is 11.8 Å². The van der Waals surface area contributed by atoms with Crippen molar-refractivity contribution in [3.63, 3.8) is 0 Å². The van der Waals surface area contributed by atoms with Gasteiger partial charge in [0.1, 0.15) is 11.4 Å². The Hall–Kier alpha value is -1.89. The molecule has 20 heavy (non-hydrogen) atoms. The Balaban J connectivity index is 2.90. The third-order valence-electron chi connectivity index (χ3n) is 2.31. The predicted molar refractivity (Wildman–Crippen MR) is 70.9 cm³/mol. The Morgan fingerprint density at radius 1 is 1.40 bits per heavy atom. The van der Waals surface area contributed by atoms with E-state index in [1.807, 2.05) is 0 Å². The number of nitrogens with two attached hydrogens (primary N) is 1. The van der Waals surface area contributed by atoms with Crippen LogP contribution in [0.4, 0.5) is 19.3 Å². The highest BCUT2D eigenvalue weighted by molar-refractivity contribution is 5.87. The fourth-order valence-electron chi connectivity index (χ4n) is 1.42. The molecule has 0 radical (unpaired) electrons. The van der Waals surface area contributed by atoms with Crippen LogP contribution >= 0.6 is 0 Å². The molecule has 0 heterocycles. The average molecular weight is 288 g/mol. The van der Waals surface area contributed by atoms with Gasteiger partial charge in [0.05, 0.1) is 11.7 Å². The number of anilines is 1. The summed E-state index contributed by atoms with van der Waals surface area (Å²) in [6, 6.07) is 2.15. The molecule has 0 saturated carbocycles. The molecule has 7 heteroatoms. The van der Waals surface area contributed by atoms with Crippen LogP contribution in [0.15, 0.2) is 18.2 Å². The molecule has 0 bridgehead atoms. The van der Waals surface area contributed by atoms with Crippen LogP contribution in [0.5, 0.6) is 5.75 Å². The zero-order chi connectivity index (χ0) is 15.5. The van der Waals surface area contributed by atoms with Gasteiger partial charge in [0.25, 0.3) is 6.43 Å². The minimum absolute atomic E-state index is 0.0344. The van der Waals surface area contributed by atoms with Gasteiger partial charge in [0.2, 0.25) is 0 Å². The first-order chi connectivity index (χ1) is 9.10. The third-order valence-corrected chi connectivity index (χ3v) is 2.31.